The Morgan fingerprint density at radius 1 is 0.742 bits per heavy atom. The van der Waals surface area contributed by atoms with Gasteiger partial charge in [-0.25, -0.2) is 9.78 Å². The number of carbonyl (C=O) groups excluding carboxylic acids is 1. The van der Waals surface area contributed by atoms with E-state index < -0.39 is 5.60 Å². The smallest absolute Gasteiger partial charge is 0.410 e. The second-order valence-corrected chi connectivity index (χ2v) is 15.2. The number of benzene rings is 3. The number of amides is 1. The highest BCUT2D eigenvalue weighted by Gasteiger charge is 2.35. The topological polar surface area (TPSA) is 82.3 Å². The van der Waals surface area contributed by atoms with Crippen molar-refractivity contribution < 1.29 is 9.53 Å². The van der Waals surface area contributed by atoms with E-state index in [1.807, 2.05) is 138 Å². The minimum atomic E-state index is -0.513. The molecule has 2 aliphatic rings. The van der Waals surface area contributed by atoms with Gasteiger partial charge in [0.2, 0.25) is 0 Å². The number of carbonyl (C=O) groups is 1. The van der Waals surface area contributed by atoms with Crippen LogP contribution < -0.4 is 10.6 Å². The van der Waals surface area contributed by atoms with Crippen LogP contribution >= 0.6 is 0 Å². The minimum Gasteiger partial charge on any atom is -0.444 e. The third-order valence-corrected chi connectivity index (χ3v) is 9.45. The molecule has 1 saturated carbocycles. The molecule has 0 spiro atoms. The van der Waals surface area contributed by atoms with E-state index in [4.69, 9.17) is 9.72 Å². The molecule has 3 N–H and O–H groups in total. The second kappa shape index (κ2) is 42.3. The first-order valence-corrected chi connectivity index (χ1v) is 26.9. The van der Waals surface area contributed by atoms with Crippen molar-refractivity contribution in [1.29, 1.82) is 0 Å². The number of nitrogens with zero attached hydrogens (tertiary/aromatic N) is 2. The van der Waals surface area contributed by atoms with Crippen LogP contribution in [0.2, 0.25) is 0 Å². The van der Waals surface area contributed by atoms with Crippen molar-refractivity contribution in [3.05, 3.63) is 84.2 Å². The fraction of sp³-hybridized carbons (Fsp3) is 0.627. The number of hydrogen-bond acceptors (Lipinski definition) is 5. The highest BCUT2D eigenvalue weighted by atomic mass is 16.6. The zero-order chi connectivity index (χ0) is 51.8. The Bertz CT molecular complexity index is 1710. The molecule has 3 aromatic carbocycles. The van der Waals surface area contributed by atoms with Gasteiger partial charge in [-0.2, -0.15) is 0 Å². The average molecular weight is 919 g/mol. The lowest BCUT2D eigenvalue weighted by Crippen LogP contribution is -2.44. The number of allylic oxidation sites excluding steroid dienone is 1. The molecule has 1 aromatic heterocycles. The van der Waals surface area contributed by atoms with E-state index in [0.717, 1.165) is 40.5 Å². The van der Waals surface area contributed by atoms with Gasteiger partial charge in [0.05, 0.1) is 17.1 Å². The van der Waals surface area contributed by atoms with E-state index in [0.29, 0.717) is 25.2 Å². The molecule has 66 heavy (non-hydrogen) atoms. The molecule has 4 atom stereocenters. The predicted octanol–water partition coefficient (Wildman–Crippen LogP) is 18.7. The monoisotopic (exact) mass is 918 g/mol. The van der Waals surface area contributed by atoms with E-state index in [1.54, 1.807) is 4.90 Å². The van der Waals surface area contributed by atoms with Gasteiger partial charge in [0.25, 0.3) is 0 Å². The summed E-state index contributed by atoms with van der Waals surface area (Å²) in [5.41, 5.74) is 8.51. The molecular formula is C59H107N5O2. The van der Waals surface area contributed by atoms with E-state index in [-0.39, 0.29) is 12.1 Å². The van der Waals surface area contributed by atoms with Crippen LogP contribution in [0.5, 0.6) is 0 Å². The first kappa shape index (κ1) is 68.5. The van der Waals surface area contributed by atoms with Crippen molar-refractivity contribution in [2.24, 2.45) is 5.92 Å². The van der Waals surface area contributed by atoms with Crippen molar-refractivity contribution in [2.45, 2.75) is 228 Å². The van der Waals surface area contributed by atoms with E-state index in [9.17, 15) is 4.79 Å². The molecule has 1 amide bonds. The molecule has 2 fully saturated rings. The summed E-state index contributed by atoms with van der Waals surface area (Å²) in [6.45, 7) is 49.4. The summed E-state index contributed by atoms with van der Waals surface area (Å²) in [4.78, 5) is 23.2. The summed E-state index contributed by atoms with van der Waals surface area (Å²) in [5, 5.41) is 7.43. The van der Waals surface area contributed by atoms with Crippen molar-refractivity contribution in [3.63, 3.8) is 0 Å². The number of rotatable bonds is 10. The second-order valence-electron chi connectivity index (χ2n) is 15.2. The Balaban J connectivity index is -0.000000897. The lowest BCUT2D eigenvalue weighted by molar-refractivity contribution is 0.0238. The van der Waals surface area contributed by atoms with Gasteiger partial charge in [-0.05, 0) is 113 Å². The van der Waals surface area contributed by atoms with Crippen molar-refractivity contribution in [1.82, 2.24) is 25.5 Å². The van der Waals surface area contributed by atoms with Gasteiger partial charge in [-0.3, -0.25) is 0 Å². The van der Waals surface area contributed by atoms with Crippen LogP contribution in [0.4, 0.5) is 4.79 Å². The molecule has 2 heterocycles. The zero-order valence-electron chi connectivity index (χ0n) is 47.6. The van der Waals surface area contributed by atoms with Gasteiger partial charge in [-0.15, -0.1) is 0 Å². The highest BCUT2D eigenvalue weighted by Crippen LogP contribution is 2.39. The number of imidazole rings is 1. The molecule has 7 nitrogen and oxygen atoms in total. The molecule has 1 aliphatic heterocycles. The third kappa shape index (κ3) is 24.6. The normalized spacial score (nSPS) is 15.5. The molecule has 2 bridgehead atoms. The van der Waals surface area contributed by atoms with Gasteiger partial charge in [0.1, 0.15) is 11.4 Å². The molecule has 7 heteroatoms. The Labute approximate surface area is 410 Å². The molecule has 6 rings (SSSR count). The molecule has 380 valence electrons. The van der Waals surface area contributed by atoms with Crippen molar-refractivity contribution in [2.75, 3.05) is 13.1 Å². The number of ether oxygens (including phenoxy) is 1. The van der Waals surface area contributed by atoms with Crippen LogP contribution in [0.1, 0.15) is 222 Å². The Hall–Kier alpha value is -4.10. The number of nitrogens with one attached hydrogen (secondary N) is 3. The first-order chi connectivity index (χ1) is 32.0. The first-order valence-electron chi connectivity index (χ1n) is 26.9. The number of aromatic nitrogens is 2. The molecule has 0 radical (unpaired) electrons. The Kier molecular flexibility index (Phi) is 43.9. The van der Waals surface area contributed by atoms with Gasteiger partial charge >= 0.3 is 6.09 Å². The van der Waals surface area contributed by atoms with Gasteiger partial charge < -0.3 is 25.3 Å². The van der Waals surface area contributed by atoms with Gasteiger partial charge in [0.15, 0.2) is 0 Å². The van der Waals surface area contributed by atoms with E-state index in [1.165, 1.54) is 54.4 Å². The molecule has 1 aliphatic carbocycles. The van der Waals surface area contributed by atoms with Crippen LogP contribution in [0.15, 0.2) is 72.8 Å². The maximum Gasteiger partial charge on any atom is 0.410 e. The minimum absolute atomic E-state index is 0.0547. The molecular weight excluding hydrogens is 811 g/mol. The van der Waals surface area contributed by atoms with Crippen molar-refractivity contribution >= 4 is 22.8 Å². The van der Waals surface area contributed by atoms with Crippen LogP contribution in [0.3, 0.4) is 0 Å². The molecule has 1 saturated heterocycles. The Morgan fingerprint density at radius 2 is 1.21 bits per heavy atom. The summed E-state index contributed by atoms with van der Waals surface area (Å²) in [7, 11) is 0. The number of H-pyrrole nitrogens is 1. The summed E-state index contributed by atoms with van der Waals surface area (Å²) in [6.07, 6.45) is 9.12. The van der Waals surface area contributed by atoms with Crippen molar-refractivity contribution in [3.8, 4) is 22.3 Å². The van der Waals surface area contributed by atoms with Gasteiger partial charge in [-0.1, -0.05) is 199 Å². The van der Waals surface area contributed by atoms with Crippen LogP contribution in [0, 0.1) is 5.92 Å². The summed E-state index contributed by atoms with van der Waals surface area (Å²) in [6, 6.07) is 25.1. The third-order valence-electron chi connectivity index (χ3n) is 9.45. The van der Waals surface area contributed by atoms with E-state index >= 15 is 0 Å². The van der Waals surface area contributed by atoms with Crippen LogP contribution in [0.25, 0.3) is 39.0 Å². The Morgan fingerprint density at radius 3 is 1.67 bits per heavy atom. The highest BCUT2D eigenvalue weighted by molar-refractivity contribution is 5.83. The quantitative estimate of drug-likeness (QED) is 0.148. The molecule has 4 aromatic rings. The zero-order valence-corrected chi connectivity index (χ0v) is 47.6. The van der Waals surface area contributed by atoms with Crippen LogP contribution in [-0.2, 0) is 4.74 Å². The summed E-state index contributed by atoms with van der Waals surface area (Å²) in [5.74, 6) is 1.92. The average Bonchev–Trinajstić information content (AvgIpc) is 3.96. The fourth-order valence-electron chi connectivity index (χ4n) is 7.22. The number of fused-ring (bicyclic) bond motifs is 3. The number of aromatic amines is 1. The summed E-state index contributed by atoms with van der Waals surface area (Å²) < 4.78 is 5.64. The van der Waals surface area contributed by atoms with Gasteiger partial charge in [0, 0.05) is 30.9 Å². The summed E-state index contributed by atoms with van der Waals surface area (Å²) >= 11 is 0. The standard InChI is InChI=1S/C40H51N5O2.C3H8.8C2H6/c1-7-21-45(39(46)47-40(4,5)6)25-26(3)41-34(8-2)31-16-14-29(15-17-31)28-10-12-30(13-11-28)32-18-20-35-36(24-32)44-38(43-35)37-23-27-9-19-33(22-27)42-37;1-3-2;8*1-2/h8,10-18,20,24,26-27,33,37,41-42H,7,9,19,21-23,25H2,1-6H3,(H,43,44);3H2,1-2H3;8*1-2H3/b34-8-;;;;;;;;;/t26?,27?,33?,37-;;;;;;;;;/m1........./s1. The van der Waals surface area contributed by atoms with E-state index in [2.05, 4.69) is 116 Å². The number of hydrogen-bond donors (Lipinski definition) is 3. The van der Waals surface area contributed by atoms with Crippen LogP contribution in [-0.4, -0.2) is 51.7 Å². The molecule has 3 unspecified atom stereocenters. The predicted molar refractivity (Wildman–Crippen MR) is 300 cm³/mol. The maximum absolute atomic E-state index is 12.8. The lowest BCUT2D eigenvalue weighted by atomic mass is 9.94. The largest absolute Gasteiger partial charge is 0.444 e. The number of piperidine rings is 1. The SMILES string of the molecule is C/C=C(\NC(C)CN(CCC)C(=O)OC(C)(C)C)c1ccc(-c2ccc(-c3ccc4nc([C@H]5CC6CCC(C6)N5)[nH]c4c3)cc2)cc1.CC.CC.CC.CC.CC.CC.CC.CC.CCC. The lowest BCUT2D eigenvalue weighted by Gasteiger charge is -2.30. The fourth-order valence-corrected chi connectivity index (χ4v) is 7.22. The maximum atomic E-state index is 12.8.